The number of piperidine rings is 1. The van der Waals surface area contributed by atoms with Crippen LogP contribution in [-0.4, -0.2) is 23.9 Å². The normalized spacial score (nSPS) is 15.8. The summed E-state index contributed by atoms with van der Waals surface area (Å²) in [5.41, 5.74) is 3.52. The highest BCUT2D eigenvalue weighted by molar-refractivity contribution is 6.42. The summed E-state index contributed by atoms with van der Waals surface area (Å²) >= 11 is 12.1. The number of nitrogens with one attached hydrogen (secondary N) is 1. The number of benzene rings is 2. The molecule has 1 aliphatic heterocycles. The summed E-state index contributed by atoms with van der Waals surface area (Å²) in [5, 5.41) is 4.26. The SMILES string of the molecule is Cc1cccc(CNC(=O)C2CCN(Cc3ccc(Cl)c(Cl)c3)CC2)c1. The Morgan fingerprint density at radius 3 is 2.54 bits per heavy atom. The minimum atomic E-state index is 0.102. The van der Waals surface area contributed by atoms with Crippen molar-refractivity contribution in [2.75, 3.05) is 13.1 Å². The number of hydrogen-bond donors (Lipinski definition) is 1. The number of likely N-dealkylation sites (tertiary alicyclic amines) is 1. The van der Waals surface area contributed by atoms with Crippen molar-refractivity contribution in [1.29, 1.82) is 0 Å². The van der Waals surface area contributed by atoms with Gasteiger partial charge in [-0.15, -0.1) is 0 Å². The molecule has 0 aromatic heterocycles. The van der Waals surface area contributed by atoms with E-state index in [1.165, 1.54) is 5.56 Å². The number of rotatable bonds is 5. The number of halogens is 2. The molecule has 1 amide bonds. The molecule has 1 heterocycles. The molecule has 0 radical (unpaired) electrons. The monoisotopic (exact) mass is 390 g/mol. The first-order valence-corrected chi connectivity index (χ1v) is 9.76. The zero-order valence-corrected chi connectivity index (χ0v) is 16.5. The third kappa shape index (κ3) is 5.23. The van der Waals surface area contributed by atoms with Crippen LogP contribution in [0.1, 0.15) is 29.5 Å². The fourth-order valence-electron chi connectivity index (χ4n) is 3.41. The van der Waals surface area contributed by atoms with Crippen LogP contribution in [0, 0.1) is 12.8 Å². The van der Waals surface area contributed by atoms with Gasteiger partial charge in [0.25, 0.3) is 0 Å². The Labute approximate surface area is 165 Å². The Kier molecular flexibility index (Phi) is 6.58. The van der Waals surface area contributed by atoms with Gasteiger partial charge in [0.1, 0.15) is 0 Å². The van der Waals surface area contributed by atoms with Crippen molar-refractivity contribution in [3.8, 4) is 0 Å². The molecule has 5 heteroatoms. The molecule has 0 bridgehead atoms. The van der Waals surface area contributed by atoms with E-state index in [0.717, 1.165) is 43.6 Å². The van der Waals surface area contributed by atoms with E-state index in [9.17, 15) is 4.79 Å². The highest BCUT2D eigenvalue weighted by atomic mass is 35.5. The van der Waals surface area contributed by atoms with Crippen LogP contribution in [0.25, 0.3) is 0 Å². The standard InChI is InChI=1S/C21H24Cl2N2O/c1-15-3-2-4-16(11-15)13-24-21(26)18-7-9-25(10-8-18)14-17-5-6-19(22)20(23)12-17/h2-6,11-12,18H,7-10,13-14H2,1H3,(H,24,26). The van der Waals surface area contributed by atoms with Crippen molar-refractivity contribution < 1.29 is 4.79 Å². The quantitative estimate of drug-likeness (QED) is 0.792. The summed E-state index contributed by atoms with van der Waals surface area (Å²) in [6.07, 6.45) is 1.78. The van der Waals surface area contributed by atoms with Gasteiger partial charge in [-0.1, -0.05) is 59.1 Å². The van der Waals surface area contributed by atoms with Crippen LogP contribution >= 0.6 is 23.2 Å². The van der Waals surface area contributed by atoms with Crippen LogP contribution in [0.15, 0.2) is 42.5 Å². The van der Waals surface area contributed by atoms with Gasteiger partial charge in [0.05, 0.1) is 10.0 Å². The molecule has 26 heavy (non-hydrogen) atoms. The molecule has 3 nitrogen and oxygen atoms in total. The number of carbonyl (C=O) groups excluding carboxylic acids is 1. The highest BCUT2D eigenvalue weighted by Crippen LogP contribution is 2.25. The van der Waals surface area contributed by atoms with Crippen molar-refractivity contribution in [2.45, 2.75) is 32.9 Å². The zero-order chi connectivity index (χ0) is 18.5. The van der Waals surface area contributed by atoms with E-state index in [2.05, 4.69) is 29.3 Å². The predicted molar refractivity (Wildman–Crippen MR) is 107 cm³/mol. The number of hydrogen-bond acceptors (Lipinski definition) is 2. The molecule has 1 saturated heterocycles. The Morgan fingerprint density at radius 2 is 1.85 bits per heavy atom. The van der Waals surface area contributed by atoms with Crippen LogP contribution in [0.4, 0.5) is 0 Å². The van der Waals surface area contributed by atoms with Crippen molar-refractivity contribution in [3.63, 3.8) is 0 Å². The number of aryl methyl sites for hydroxylation is 1. The van der Waals surface area contributed by atoms with Crippen molar-refractivity contribution in [1.82, 2.24) is 10.2 Å². The first-order chi connectivity index (χ1) is 12.5. The minimum Gasteiger partial charge on any atom is -0.352 e. The first kappa shape index (κ1) is 19.2. The lowest BCUT2D eigenvalue weighted by Crippen LogP contribution is -2.40. The third-order valence-corrected chi connectivity index (χ3v) is 5.64. The number of amides is 1. The lowest BCUT2D eigenvalue weighted by atomic mass is 9.95. The van der Waals surface area contributed by atoms with Gasteiger partial charge in [-0.25, -0.2) is 0 Å². The largest absolute Gasteiger partial charge is 0.352 e. The molecular weight excluding hydrogens is 367 g/mol. The van der Waals surface area contributed by atoms with Crippen molar-refractivity contribution in [2.24, 2.45) is 5.92 Å². The van der Waals surface area contributed by atoms with E-state index in [0.29, 0.717) is 16.6 Å². The Balaban J connectivity index is 1.45. The molecule has 1 fully saturated rings. The highest BCUT2D eigenvalue weighted by Gasteiger charge is 2.24. The number of carbonyl (C=O) groups is 1. The molecule has 0 unspecified atom stereocenters. The molecule has 3 rings (SSSR count). The van der Waals surface area contributed by atoms with Crippen LogP contribution in [-0.2, 0) is 17.9 Å². The second kappa shape index (κ2) is 8.90. The van der Waals surface area contributed by atoms with Gasteiger partial charge < -0.3 is 5.32 Å². The maximum absolute atomic E-state index is 12.4. The summed E-state index contributed by atoms with van der Waals surface area (Å²) in [7, 11) is 0. The first-order valence-electron chi connectivity index (χ1n) is 9.01. The molecule has 0 aliphatic carbocycles. The van der Waals surface area contributed by atoms with Gasteiger partial charge in [0.2, 0.25) is 5.91 Å². The molecule has 1 N–H and O–H groups in total. The topological polar surface area (TPSA) is 32.3 Å². The van der Waals surface area contributed by atoms with Gasteiger partial charge >= 0.3 is 0 Å². The van der Waals surface area contributed by atoms with Crippen LogP contribution in [0.5, 0.6) is 0 Å². The fraction of sp³-hybridized carbons (Fsp3) is 0.381. The second-order valence-electron chi connectivity index (χ2n) is 7.01. The van der Waals surface area contributed by atoms with E-state index < -0.39 is 0 Å². The average Bonchev–Trinajstić information content (AvgIpc) is 2.63. The maximum Gasteiger partial charge on any atom is 0.223 e. The van der Waals surface area contributed by atoms with E-state index >= 15 is 0 Å². The van der Waals surface area contributed by atoms with Gasteiger partial charge in [-0.2, -0.15) is 0 Å². The molecule has 138 valence electrons. The van der Waals surface area contributed by atoms with Crippen LogP contribution in [0.2, 0.25) is 10.0 Å². The van der Waals surface area contributed by atoms with E-state index in [1.54, 1.807) is 0 Å². The summed E-state index contributed by atoms with van der Waals surface area (Å²) in [6.45, 7) is 5.35. The number of nitrogens with zero attached hydrogens (tertiary/aromatic N) is 1. The van der Waals surface area contributed by atoms with Crippen molar-refractivity contribution >= 4 is 29.1 Å². The van der Waals surface area contributed by atoms with E-state index in [1.807, 2.05) is 30.3 Å². The van der Waals surface area contributed by atoms with Crippen LogP contribution < -0.4 is 5.32 Å². The Morgan fingerprint density at radius 1 is 1.08 bits per heavy atom. The third-order valence-electron chi connectivity index (χ3n) is 4.90. The molecule has 2 aromatic carbocycles. The van der Waals surface area contributed by atoms with Gasteiger partial charge in [-0.3, -0.25) is 9.69 Å². The smallest absolute Gasteiger partial charge is 0.223 e. The summed E-state index contributed by atoms with van der Waals surface area (Å²) in [4.78, 5) is 14.8. The average molecular weight is 391 g/mol. The molecule has 0 saturated carbocycles. The Hall–Kier alpha value is -1.55. The molecule has 1 aliphatic rings. The Bertz CT molecular complexity index is 770. The second-order valence-corrected chi connectivity index (χ2v) is 7.82. The maximum atomic E-state index is 12.4. The van der Waals surface area contributed by atoms with Crippen molar-refractivity contribution in [3.05, 3.63) is 69.2 Å². The lowest BCUT2D eigenvalue weighted by molar-refractivity contribution is -0.126. The predicted octanol–water partition coefficient (Wildman–Crippen LogP) is 4.83. The zero-order valence-electron chi connectivity index (χ0n) is 15.0. The summed E-state index contributed by atoms with van der Waals surface area (Å²) < 4.78 is 0. The van der Waals surface area contributed by atoms with E-state index in [-0.39, 0.29) is 11.8 Å². The van der Waals surface area contributed by atoms with E-state index in [4.69, 9.17) is 23.2 Å². The van der Waals surface area contributed by atoms with Crippen LogP contribution in [0.3, 0.4) is 0 Å². The summed E-state index contributed by atoms with van der Waals surface area (Å²) in [5.74, 6) is 0.269. The lowest BCUT2D eigenvalue weighted by Gasteiger charge is -2.31. The van der Waals surface area contributed by atoms with Gasteiger partial charge in [-0.05, 0) is 56.1 Å². The molecule has 0 atom stereocenters. The molecular formula is C21H24Cl2N2O. The summed E-state index contributed by atoms with van der Waals surface area (Å²) in [6, 6.07) is 14.0. The van der Waals surface area contributed by atoms with Gasteiger partial charge in [0.15, 0.2) is 0 Å². The molecule has 2 aromatic rings. The minimum absolute atomic E-state index is 0.102. The fourth-order valence-corrected chi connectivity index (χ4v) is 3.73. The molecule has 0 spiro atoms. The van der Waals surface area contributed by atoms with Gasteiger partial charge in [0, 0.05) is 19.0 Å².